The van der Waals surface area contributed by atoms with Crippen molar-refractivity contribution in [3.8, 4) is 0 Å². The molecule has 3 rings (SSSR count). The fourth-order valence-electron chi connectivity index (χ4n) is 4.35. The van der Waals surface area contributed by atoms with E-state index in [-0.39, 0.29) is 6.61 Å². The van der Waals surface area contributed by atoms with E-state index in [1.807, 2.05) is 30.0 Å². The van der Waals surface area contributed by atoms with E-state index in [1.54, 1.807) is 0 Å². The first-order chi connectivity index (χ1) is 15.6. The molecule has 1 aromatic carbocycles. The second-order valence-electron chi connectivity index (χ2n) is 8.11. The van der Waals surface area contributed by atoms with Gasteiger partial charge in [-0.25, -0.2) is 0 Å². The molecule has 0 bridgehead atoms. The highest BCUT2D eigenvalue weighted by atomic mass is 16.7. The van der Waals surface area contributed by atoms with Crippen molar-refractivity contribution < 1.29 is 42.9 Å². The smallest absolute Gasteiger partial charge is 0.303 e. The number of carbonyl (C=O) groups is 4. The zero-order valence-electron chi connectivity index (χ0n) is 19.4. The van der Waals surface area contributed by atoms with Crippen LogP contribution in [0.25, 0.3) is 0 Å². The van der Waals surface area contributed by atoms with Crippen LogP contribution in [0.3, 0.4) is 0 Å². The van der Waals surface area contributed by atoms with E-state index in [1.165, 1.54) is 27.7 Å². The summed E-state index contributed by atoms with van der Waals surface area (Å²) in [7, 11) is 0. The van der Waals surface area contributed by atoms with Gasteiger partial charge in [-0.3, -0.25) is 19.2 Å². The summed E-state index contributed by atoms with van der Waals surface area (Å²) in [6.45, 7) is 7.20. The minimum Gasteiger partial charge on any atom is -0.463 e. The molecule has 5 atom stereocenters. The number of ether oxygens (including phenoxy) is 5. The van der Waals surface area contributed by atoms with Crippen LogP contribution in [0, 0.1) is 6.92 Å². The van der Waals surface area contributed by atoms with Crippen molar-refractivity contribution in [2.75, 3.05) is 18.1 Å². The molecule has 10 heteroatoms. The Kier molecular flexibility index (Phi) is 7.57. The molecular weight excluding hydrogens is 434 g/mol. The van der Waals surface area contributed by atoms with Crippen molar-refractivity contribution in [2.24, 2.45) is 0 Å². The Hall–Kier alpha value is -3.14. The van der Waals surface area contributed by atoms with Gasteiger partial charge in [0.05, 0.1) is 0 Å². The Morgan fingerprint density at radius 1 is 0.909 bits per heavy atom. The summed E-state index contributed by atoms with van der Waals surface area (Å²) in [4.78, 5) is 49.2. The average molecular weight is 463 g/mol. The molecule has 0 spiro atoms. The molecule has 1 aromatic rings. The maximum Gasteiger partial charge on any atom is 0.303 e. The fourth-order valence-corrected chi connectivity index (χ4v) is 4.35. The van der Waals surface area contributed by atoms with Gasteiger partial charge in [0.15, 0.2) is 24.5 Å². The number of hydrogen-bond donors (Lipinski definition) is 0. The van der Waals surface area contributed by atoms with Gasteiger partial charge in [-0.1, -0.05) is 12.1 Å². The van der Waals surface area contributed by atoms with Crippen LogP contribution in [0.15, 0.2) is 18.2 Å². The summed E-state index contributed by atoms with van der Waals surface area (Å²) in [5.41, 5.74) is 3.14. The van der Waals surface area contributed by atoms with Gasteiger partial charge in [0.2, 0.25) is 0 Å². The van der Waals surface area contributed by atoms with E-state index in [4.69, 9.17) is 23.7 Å². The highest BCUT2D eigenvalue weighted by molar-refractivity contribution is 5.69. The monoisotopic (exact) mass is 463 g/mol. The Morgan fingerprint density at radius 3 is 2.12 bits per heavy atom. The predicted molar refractivity (Wildman–Crippen MR) is 114 cm³/mol. The topological polar surface area (TPSA) is 118 Å². The maximum absolute atomic E-state index is 12.0. The largest absolute Gasteiger partial charge is 0.463 e. The van der Waals surface area contributed by atoms with E-state index in [0.717, 1.165) is 23.2 Å². The summed E-state index contributed by atoms with van der Waals surface area (Å²) >= 11 is 0. The molecule has 10 nitrogen and oxygen atoms in total. The molecule has 2 heterocycles. The Labute approximate surface area is 192 Å². The summed E-state index contributed by atoms with van der Waals surface area (Å²) in [6.07, 6.45) is -4.54. The second-order valence-corrected chi connectivity index (χ2v) is 8.11. The van der Waals surface area contributed by atoms with Crippen LogP contribution in [0.2, 0.25) is 0 Å². The Balaban J connectivity index is 2.05. The lowest BCUT2D eigenvalue weighted by atomic mass is 9.96. The van der Waals surface area contributed by atoms with Gasteiger partial charge in [0.25, 0.3) is 0 Å². The molecule has 5 unspecified atom stereocenters. The number of anilines is 1. The molecule has 33 heavy (non-hydrogen) atoms. The zero-order valence-corrected chi connectivity index (χ0v) is 19.4. The molecule has 0 aliphatic carbocycles. The molecule has 0 saturated carbocycles. The number of fused-ring (bicyclic) bond motifs is 1. The summed E-state index contributed by atoms with van der Waals surface area (Å²) in [5, 5.41) is 0. The van der Waals surface area contributed by atoms with Crippen molar-refractivity contribution in [2.45, 2.75) is 71.7 Å². The number of carbonyl (C=O) groups excluding carboxylic acids is 4. The third kappa shape index (κ3) is 5.62. The predicted octanol–water partition coefficient (Wildman–Crippen LogP) is 1.44. The van der Waals surface area contributed by atoms with Gasteiger partial charge in [-0.05, 0) is 30.5 Å². The van der Waals surface area contributed by atoms with Gasteiger partial charge < -0.3 is 28.6 Å². The lowest BCUT2D eigenvalue weighted by Crippen LogP contribution is -2.66. The SMILES string of the molecule is CC(=O)OCC1OC(N2CCc3c(C)cccc32)C(OC(C)=O)C(OC(C)=O)C1OC(C)=O. The maximum atomic E-state index is 12.0. The number of hydrogen-bond acceptors (Lipinski definition) is 10. The van der Waals surface area contributed by atoms with Crippen LogP contribution in [-0.4, -0.2) is 67.7 Å². The van der Waals surface area contributed by atoms with Gasteiger partial charge in [0.1, 0.15) is 12.7 Å². The van der Waals surface area contributed by atoms with E-state index < -0.39 is 54.5 Å². The normalized spacial score (nSPS) is 26.2. The first-order valence-electron chi connectivity index (χ1n) is 10.7. The molecule has 0 radical (unpaired) electrons. The molecule has 2 aliphatic heterocycles. The second kappa shape index (κ2) is 10.2. The number of nitrogens with zero attached hydrogens (tertiary/aromatic N) is 1. The van der Waals surface area contributed by atoms with Crippen LogP contribution >= 0.6 is 0 Å². The molecule has 180 valence electrons. The molecule has 0 amide bonds. The molecule has 0 N–H and O–H groups in total. The molecular formula is C23H29NO9. The number of esters is 4. The molecule has 1 fully saturated rings. The van der Waals surface area contributed by atoms with Crippen LogP contribution < -0.4 is 4.90 Å². The number of rotatable bonds is 6. The zero-order chi connectivity index (χ0) is 24.3. The van der Waals surface area contributed by atoms with E-state index >= 15 is 0 Å². The first kappa shape index (κ1) is 24.5. The third-order valence-electron chi connectivity index (χ3n) is 5.57. The fraction of sp³-hybridized carbons (Fsp3) is 0.565. The summed E-state index contributed by atoms with van der Waals surface area (Å²) in [5.74, 6) is -2.48. The number of aryl methyl sites for hydroxylation is 1. The van der Waals surface area contributed by atoms with Crippen molar-refractivity contribution >= 4 is 29.6 Å². The minimum absolute atomic E-state index is 0.247. The highest BCUT2D eigenvalue weighted by Crippen LogP contribution is 2.38. The van der Waals surface area contributed by atoms with Gasteiger partial charge in [-0.2, -0.15) is 0 Å². The van der Waals surface area contributed by atoms with Crippen molar-refractivity contribution in [1.29, 1.82) is 0 Å². The van der Waals surface area contributed by atoms with Crippen molar-refractivity contribution in [1.82, 2.24) is 0 Å². The van der Waals surface area contributed by atoms with Crippen LogP contribution in [0.5, 0.6) is 0 Å². The van der Waals surface area contributed by atoms with Crippen LogP contribution in [0.4, 0.5) is 5.69 Å². The lowest BCUT2D eigenvalue weighted by Gasteiger charge is -2.47. The van der Waals surface area contributed by atoms with E-state index in [9.17, 15) is 19.2 Å². The van der Waals surface area contributed by atoms with Crippen molar-refractivity contribution in [3.05, 3.63) is 29.3 Å². The third-order valence-corrected chi connectivity index (χ3v) is 5.57. The molecule has 2 aliphatic rings. The van der Waals surface area contributed by atoms with Crippen molar-refractivity contribution in [3.63, 3.8) is 0 Å². The van der Waals surface area contributed by atoms with E-state index in [2.05, 4.69) is 0 Å². The molecule has 0 aromatic heterocycles. The lowest BCUT2D eigenvalue weighted by molar-refractivity contribution is -0.252. The van der Waals surface area contributed by atoms with Gasteiger partial charge in [-0.15, -0.1) is 0 Å². The van der Waals surface area contributed by atoms with Gasteiger partial charge in [0, 0.05) is 39.9 Å². The first-order valence-corrected chi connectivity index (χ1v) is 10.7. The quantitative estimate of drug-likeness (QED) is 0.453. The standard InChI is InChI=1S/C23H29NO9/c1-12-7-6-8-18-17(12)9-10-24(18)23-22(32-16(5)28)21(31-15(4)27)20(30-14(3)26)19(33-23)11-29-13(2)25/h6-8,19-23H,9-11H2,1-5H3. The summed E-state index contributed by atoms with van der Waals surface area (Å²) < 4.78 is 27.9. The minimum atomic E-state index is -1.18. The Bertz CT molecular complexity index is 931. The van der Waals surface area contributed by atoms with E-state index in [0.29, 0.717) is 6.54 Å². The van der Waals surface area contributed by atoms with Gasteiger partial charge >= 0.3 is 23.9 Å². The highest BCUT2D eigenvalue weighted by Gasteiger charge is 2.54. The molecule has 1 saturated heterocycles. The number of benzene rings is 1. The summed E-state index contributed by atoms with van der Waals surface area (Å²) in [6, 6.07) is 5.86. The van der Waals surface area contributed by atoms with Crippen LogP contribution in [-0.2, 0) is 49.3 Å². The van der Waals surface area contributed by atoms with Crippen LogP contribution in [0.1, 0.15) is 38.8 Å². The average Bonchev–Trinajstić information content (AvgIpc) is 3.14. The Morgan fingerprint density at radius 2 is 1.52 bits per heavy atom.